The van der Waals surface area contributed by atoms with Crippen molar-refractivity contribution in [2.75, 3.05) is 18.2 Å². The monoisotopic (exact) mass is 504 g/mol. The molecule has 33 heavy (non-hydrogen) atoms. The van der Waals surface area contributed by atoms with Gasteiger partial charge in [0, 0.05) is 27.4 Å². The van der Waals surface area contributed by atoms with E-state index < -0.39 is 17.7 Å². The van der Waals surface area contributed by atoms with Crippen molar-refractivity contribution >= 4 is 57.0 Å². The number of methoxy groups -OCH3 is 1. The second-order valence-corrected chi connectivity index (χ2v) is 9.23. The molecule has 0 aliphatic carbocycles. The molecule has 1 aromatic heterocycles. The lowest BCUT2D eigenvalue weighted by molar-refractivity contribution is -0.136. The highest BCUT2D eigenvalue weighted by Crippen LogP contribution is 2.51. The summed E-state index contributed by atoms with van der Waals surface area (Å²) in [6, 6.07) is 11.1. The Morgan fingerprint density at radius 1 is 1.21 bits per heavy atom. The summed E-state index contributed by atoms with van der Waals surface area (Å²) in [5.41, 5.74) is 8.41. The van der Waals surface area contributed by atoms with Crippen LogP contribution in [0.2, 0.25) is 10.0 Å². The number of nitrogens with two attached hydrogens (primary N) is 1. The number of thiophene rings is 1. The van der Waals surface area contributed by atoms with E-state index in [1.165, 1.54) is 13.2 Å². The van der Waals surface area contributed by atoms with E-state index in [0.29, 0.717) is 33.3 Å². The summed E-state index contributed by atoms with van der Waals surface area (Å²) in [5.74, 6) is -2.51. The molecule has 2 heterocycles. The summed E-state index contributed by atoms with van der Waals surface area (Å²) in [4.78, 5) is 26.4. The number of nitrogens with one attached hydrogen (secondary N) is 1. The van der Waals surface area contributed by atoms with Crippen LogP contribution in [0.15, 0.2) is 53.7 Å². The average Bonchev–Trinajstić information content (AvgIpc) is 3.14. The Balaban J connectivity index is 1.96. The van der Waals surface area contributed by atoms with Crippen LogP contribution >= 0.6 is 34.5 Å². The molecule has 9 heteroatoms. The molecule has 0 amide bonds. The van der Waals surface area contributed by atoms with Gasteiger partial charge < -0.3 is 15.8 Å². The molecule has 4 rings (SSSR count). The predicted octanol–water partition coefficient (Wildman–Crippen LogP) is 6.40. The van der Waals surface area contributed by atoms with Crippen molar-refractivity contribution < 1.29 is 18.7 Å². The van der Waals surface area contributed by atoms with E-state index in [1.807, 2.05) is 6.92 Å². The van der Waals surface area contributed by atoms with Gasteiger partial charge in [0.25, 0.3) is 0 Å². The number of rotatable bonds is 5. The maximum atomic E-state index is 15.2. The maximum absolute atomic E-state index is 15.2. The number of ketones is 1. The van der Waals surface area contributed by atoms with Gasteiger partial charge in [0.15, 0.2) is 0 Å². The standard InChI is InChI=1S/C24H19Cl2FN2O3S/c1-3-15-17(24(31)32-2)16(13-8-5-9-14(26)19(13)27)18-20(28)22(33-23(18)29-15)21(30)11-6-4-7-12(25)10-11/h4-10,16,29H,3,28H2,1-2H3/t16-/m0/s1. The number of benzene rings is 2. The summed E-state index contributed by atoms with van der Waals surface area (Å²) in [6.45, 7) is 1.86. The van der Waals surface area contributed by atoms with Crippen LogP contribution in [0, 0.1) is 5.82 Å². The zero-order chi connectivity index (χ0) is 23.9. The number of nitrogen functional groups attached to an aromatic ring is 1. The van der Waals surface area contributed by atoms with Gasteiger partial charge in [-0.15, -0.1) is 11.3 Å². The number of allylic oxidation sites excluding steroid dienone is 1. The third kappa shape index (κ3) is 4.01. The molecule has 1 atom stereocenters. The van der Waals surface area contributed by atoms with E-state index in [9.17, 15) is 9.59 Å². The highest BCUT2D eigenvalue weighted by molar-refractivity contribution is 7.19. The van der Waals surface area contributed by atoms with Crippen LogP contribution in [0.1, 0.15) is 45.6 Å². The molecule has 0 saturated heterocycles. The van der Waals surface area contributed by atoms with E-state index in [4.69, 9.17) is 33.7 Å². The Labute approximate surface area is 204 Å². The number of hydrogen-bond acceptors (Lipinski definition) is 6. The van der Waals surface area contributed by atoms with Crippen LogP contribution in [0.4, 0.5) is 15.1 Å². The fraction of sp³-hybridized carbons (Fsp3) is 0.167. The molecule has 0 fully saturated rings. The summed E-state index contributed by atoms with van der Waals surface area (Å²) >= 11 is 13.3. The van der Waals surface area contributed by atoms with Crippen molar-refractivity contribution in [1.29, 1.82) is 0 Å². The van der Waals surface area contributed by atoms with Gasteiger partial charge >= 0.3 is 5.97 Å². The van der Waals surface area contributed by atoms with Gasteiger partial charge in [-0.05, 0) is 24.6 Å². The number of esters is 1. The normalized spacial score (nSPS) is 15.1. The number of anilines is 2. The first-order chi connectivity index (χ1) is 15.8. The number of carbonyl (C=O) groups is 2. The first kappa shape index (κ1) is 23.3. The molecule has 2 aromatic carbocycles. The average molecular weight is 505 g/mol. The minimum absolute atomic E-state index is 0.0844. The quantitative estimate of drug-likeness (QED) is 0.310. The number of carbonyl (C=O) groups excluding carboxylic acids is 2. The molecule has 1 aliphatic rings. The molecule has 3 N–H and O–H groups in total. The number of ether oxygens (including phenoxy) is 1. The molecule has 5 nitrogen and oxygen atoms in total. The maximum Gasteiger partial charge on any atom is 0.336 e. The molecule has 0 bridgehead atoms. The van der Waals surface area contributed by atoms with Gasteiger partial charge in [-0.3, -0.25) is 4.79 Å². The van der Waals surface area contributed by atoms with Crippen LogP contribution in [0.3, 0.4) is 0 Å². The minimum atomic E-state index is -0.903. The molecule has 1 aliphatic heterocycles. The predicted molar refractivity (Wildman–Crippen MR) is 130 cm³/mol. The van der Waals surface area contributed by atoms with Crippen molar-refractivity contribution in [2.45, 2.75) is 19.3 Å². The number of fused-ring (bicyclic) bond motifs is 1. The molecular weight excluding hydrogens is 486 g/mol. The second-order valence-electron chi connectivity index (χ2n) is 7.37. The zero-order valence-electron chi connectivity index (χ0n) is 17.7. The van der Waals surface area contributed by atoms with Gasteiger partial charge in [0.05, 0.1) is 34.3 Å². The first-order valence-corrected chi connectivity index (χ1v) is 11.6. The van der Waals surface area contributed by atoms with Crippen molar-refractivity contribution in [3.05, 3.63) is 91.2 Å². The third-order valence-corrected chi connectivity index (χ3v) is 7.16. The van der Waals surface area contributed by atoms with E-state index >= 15 is 4.39 Å². The lowest BCUT2D eigenvalue weighted by Gasteiger charge is -2.29. The zero-order valence-corrected chi connectivity index (χ0v) is 20.0. The minimum Gasteiger partial charge on any atom is -0.466 e. The topological polar surface area (TPSA) is 81.4 Å². The molecule has 0 radical (unpaired) electrons. The summed E-state index contributed by atoms with van der Waals surface area (Å²) in [6.07, 6.45) is 0.442. The molecule has 3 aromatic rings. The highest BCUT2D eigenvalue weighted by atomic mass is 35.5. The van der Waals surface area contributed by atoms with Crippen LogP contribution in [-0.2, 0) is 9.53 Å². The summed E-state index contributed by atoms with van der Waals surface area (Å²) in [5, 5.41) is 4.10. The Kier molecular flexibility index (Phi) is 6.47. The van der Waals surface area contributed by atoms with Gasteiger partial charge in [0.1, 0.15) is 10.7 Å². The molecule has 170 valence electrons. The van der Waals surface area contributed by atoms with E-state index in [1.54, 1.807) is 36.4 Å². The largest absolute Gasteiger partial charge is 0.466 e. The van der Waals surface area contributed by atoms with Crippen molar-refractivity contribution in [3.63, 3.8) is 0 Å². The lowest BCUT2D eigenvalue weighted by atomic mass is 9.81. The van der Waals surface area contributed by atoms with Crippen LogP contribution in [0.5, 0.6) is 0 Å². The van der Waals surface area contributed by atoms with Crippen LogP contribution in [-0.4, -0.2) is 18.9 Å². The SMILES string of the molecule is CCC1=C(C(=O)OC)[C@H](c2cccc(Cl)c2F)c2c(sc(C(=O)c3cccc(Cl)c3)c2N)N1. The third-order valence-electron chi connectivity index (χ3n) is 5.49. The Hall–Kier alpha value is -2.87. The van der Waals surface area contributed by atoms with Gasteiger partial charge in [-0.25, -0.2) is 9.18 Å². The Morgan fingerprint density at radius 3 is 2.61 bits per heavy atom. The van der Waals surface area contributed by atoms with Gasteiger partial charge in [0.2, 0.25) is 5.78 Å². The van der Waals surface area contributed by atoms with E-state index in [-0.39, 0.29) is 32.5 Å². The van der Waals surface area contributed by atoms with Crippen molar-refractivity contribution in [3.8, 4) is 0 Å². The fourth-order valence-electron chi connectivity index (χ4n) is 3.97. The van der Waals surface area contributed by atoms with Crippen molar-refractivity contribution in [1.82, 2.24) is 0 Å². The van der Waals surface area contributed by atoms with Gasteiger partial charge in [-0.1, -0.05) is 54.4 Å². The summed E-state index contributed by atoms with van der Waals surface area (Å²) in [7, 11) is 1.26. The number of hydrogen-bond donors (Lipinski definition) is 2. The highest BCUT2D eigenvalue weighted by Gasteiger charge is 2.39. The first-order valence-electron chi connectivity index (χ1n) is 10.0. The Morgan fingerprint density at radius 2 is 1.94 bits per heavy atom. The van der Waals surface area contributed by atoms with E-state index in [0.717, 1.165) is 11.3 Å². The van der Waals surface area contributed by atoms with Gasteiger partial charge in [-0.2, -0.15) is 0 Å². The molecular formula is C24H19Cl2FN2O3S. The fourth-order valence-corrected chi connectivity index (χ4v) is 5.49. The number of halogens is 3. The smallest absolute Gasteiger partial charge is 0.336 e. The van der Waals surface area contributed by atoms with Crippen LogP contribution < -0.4 is 11.1 Å². The molecule has 0 unspecified atom stereocenters. The molecule has 0 saturated carbocycles. The second kappa shape index (κ2) is 9.17. The summed E-state index contributed by atoms with van der Waals surface area (Å²) < 4.78 is 20.2. The molecule has 0 spiro atoms. The van der Waals surface area contributed by atoms with E-state index in [2.05, 4.69) is 5.32 Å². The van der Waals surface area contributed by atoms with Crippen LogP contribution in [0.25, 0.3) is 0 Å². The lowest BCUT2D eigenvalue weighted by Crippen LogP contribution is -2.25. The Bertz CT molecular complexity index is 1320. The van der Waals surface area contributed by atoms with Crippen molar-refractivity contribution in [2.24, 2.45) is 0 Å².